The molecule has 0 spiro atoms. The molecule has 146 valence electrons. The van der Waals surface area contributed by atoms with Crippen LogP contribution in [0.2, 0.25) is 0 Å². The van der Waals surface area contributed by atoms with E-state index in [1.807, 2.05) is 38.1 Å². The molecule has 4 heteroatoms. The van der Waals surface area contributed by atoms with Crippen LogP contribution in [0.15, 0.2) is 61.7 Å². The van der Waals surface area contributed by atoms with Crippen LogP contribution in [-0.2, 0) is 9.59 Å². The highest BCUT2D eigenvalue weighted by atomic mass is 16.5. The SMILES string of the molecule is C=C(C)c1cccc(OC(=O)CCCCC(=O)Oc2cccc(C(=C)C)c2)c1. The van der Waals surface area contributed by atoms with Crippen molar-refractivity contribution in [2.24, 2.45) is 0 Å². The maximum Gasteiger partial charge on any atom is 0.311 e. The first-order valence-corrected chi connectivity index (χ1v) is 9.28. The number of esters is 2. The molecule has 0 N–H and O–H groups in total. The third kappa shape index (κ3) is 6.88. The second-order valence-electron chi connectivity index (χ2n) is 6.77. The lowest BCUT2D eigenvalue weighted by Gasteiger charge is -2.07. The van der Waals surface area contributed by atoms with E-state index in [0.29, 0.717) is 24.3 Å². The Morgan fingerprint density at radius 2 is 1.14 bits per heavy atom. The van der Waals surface area contributed by atoms with E-state index >= 15 is 0 Å². The van der Waals surface area contributed by atoms with Crippen molar-refractivity contribution < 1.29 is 19.1 Å². The van der Waals surface area contributed by atoms with Crippen molar-refractivity contribution in [2.45, 2.75) is 39.5 Å². The molecule has 2 aromatic carbocycles. The zero-order valence-corrected chi connectivity index (χ0v) is 16.5. The Morgan fingerprint density at radius 3 is 1.50 bits per heavy atom. The second-order valence-corrected chi connectivity index (χ2v) is 6.77. The van der Waals surface area contributed by atoms with E-state index in [-0.39, 0.29) is 24.8 Å². The van der Waals surface area contributed by atoms with Crippen molar-refractivity contribution in [1.29, 1.82) is 0 Å². The van der Waals surface area contributed by atoms with Crippen LogP contribution in [0.3, 0.4) is 0 Å². The van der Waals surface area contributed by atoms with Gasteiger partial charge in [-0.2, -0.15) is 0 Å². The van der Waals surface area contributed by atoms with Crippen LogP contribution >= 0.6 is 0 Å². The quantitative estimate of drug-likeness (QED) is 0.313. The molecular weight excluding hydrogens is 352 g/mol. The molecule has 0 heterocycles. The molecule has 0 amide bonds. The van der Waals surface area contributed by atoms with Crippen LogP contribution in [0.5, 0.6) is 11.5 Å². The molecule has 2 aromatic rings. The van der Waals surface area contributed by atoms with E-state index in [9.17, 15) is 9.59 Å². The highest BCUT2D eigenvalue weighted by Crippen LogP contribution is 2.20. The van der Waals surface area contributed by atoms with Crippen molar-refractivity contribution in [1.82, 2.24) is 0 Å². The first kappa shape index (κ1) is 21.2. The zero-order valence-electron chi connectivity index (χ0n) is 16.5. The fourth-order valence-electron chi connectivity index (χ4n) is 2.55. The molecule has 0 saturated carbocycles. The monoisotopic (exact) mass is 378 g/mol. The lowest BCUT2D eigenvalue weighted by atomic mass is 10.1. The predicted molar refractivity (Wildman–Crippen MR) is 112 cm³/mol. The van der Waals surface area contributed by atoms with Gasteiger partial charge < -0.3 is 9.47 Å². The highest BCUT2D eigenvalue weighted by molar-refractivity contribution is 5.74. The topological polar surface area (TPSA) is 52.6 Å². The van der Waals surface area contributed by atoms with Gasteiger partial charge in [0.25, 0.3) is 0 Å². The highest BCUT2D eigenvalue weighted by Gasteiger charge is 2.09. The van der Waals surface area contributed by atoms with Crippen LogP contribution in [0.1, 0.15) is 50.7 Å². The number of allylic oxidation sites excluding steroid dienone is 2. The number of benzene rings is 2. The fourth-order valence-corrected chi connectivity index (χ4v) is 2.55. The number of rotatable bonds is 9. The van der Waals surface area contributed by atoms with Gasteiger partial charge in [-0.25, -0.2) is 0 Å². The van der Waals surface area contributed by atoms with Crippen molar-refractivity contribution >= 4 is 23.1 Å². The Labute approximate surface area is 166 Å². The number of unbranched alkanes of at least 4 members (excludes halogenated alkanes) is 1. The predicted octanol–water partition coefficient (Wildman–Crippen LogP) is 5.82. The summed E-state index contributed by atoms with van der Waals surface area (Å²) in [7, 11) is 0. The molecule has 0 saturated heterocycles. The molecule has 0 aliphatic heterocycles. The number of carbonyl (C=O) groups is 2. The van der Waals surface area contributed by atoms with Gasteiger partial charge in [0.05, 0.1) is 0 Å². The molecule has 0 fully saturated rings. The van der Waals surface area contributed by atoms with Gasteiger partial charge in [-0.1, -0.05) is 48.6 Å². The first-order valence-electron chi connectivity index (χ1n) is 9.28. The van der Waals surface area contributed by atoms with Crippen LogP contribution < -0.4 is 9.47 Å². The minimum absolute atomic E-state index is 0.246. The molecule has 0 aliphatic rings. The van der Waals surface area contributed by atoms with Crippen molar-refractivity contribution in [3.8, 4) is 11.5 Å². The summed E-state index contributed by atoms with van der Waals surface area (Å²) in [6.07, 6.45) is 1.60. The smallest absolute Gasteiger partial charge is 0.311 e. The van der Waals surface area contributed by atoms with Crippen LogP contribution in [0.4, 0.5) is 0 Å². The van der Waals surface area contributed by atoms with E-state index in [4.69, 9.17) is 9.47 Å². The van der Waals surface area contributed by atoms with Crippen molar-refractivity contribution in [3.05, 3.63) is 72.8 Å². The van der Waals surface area contributed by atoms with Gasteiger partial charge in [-0.3, -0.25) is 9.59 Å². The van der Waals surface area contributed by atoms with Crippen LogP contribution in [-0.4, -0.2) is 11.9 Å². The van der Waals surface area contributed by atoms with E-state index in [1.54, 1.807) is 24.3 Å². The van der Waals surface area contributed by atoms with Gasteiger partial charge in [0.1, 0.15) is 11.5 Å². The zero-order chi connectivity index (χ0) is 20.5. The van der Waals surface area contributed by atoms with E-state index in [0.717, 1.165) is 22.3 Å². The maximum absolute atomic E-state index is 12.0. The molecule has 0 aliphatic carbocycles. The van der Waals surface area contributed by atoms with Gasteiger partial charge in [0.15, 0.2) is 0 Å². The Morgan fingerprint density at radius 1 is 0.750 bits per heavy atom. The Bertz CT molecular complexity index is 806. The number of ether oxygens (including phenoxy) is 2. The Kier molecular flexibility index (Phi) is 7.76. The standard InChI is InChI=1S/C24H26O4/c1-17(2)19-9-7-11-21(15-19)27-23(25)13-5-6-14-24(26)28-22-12-8-10-20(16-22)18(3)4/h7-12,15-16H,1,3,5-6,13-14H2,2,4H3. The minimum Gasteiger partial charge on any atom is -0.427 e. The lowest BCUT2D eigenvalue weighted by molar-refractivity contribution is -0.136. The Balaban J connectivity index is 1.72. The molecular formula is C24H26O4. The summed E-state index contributed by atoms with van der Waals surface area (Å²) in [5.74, 6) is 0.368. The van der Waals surface area contributed by atoms with E-state index < -0.39 is 0 Å². The summed E-state index contributed by atoms with van der Waals surface area (Å²) in [6.45, 7) is 11.6. The molecule has 28 heavy (non-hydrogen) atoms. The number of hydrogen-bond acceptors (Lipinski definition) is 4. The van der Waals surface area contributed by atoms with E-state index in [1.165, 1.54) is 0 Å². The van der Waals surface area contributed by atoms with Gasteiger partial charge in [0, 0.05) is 12.8 Å². The molecule has 0 unspecified atom stereocenters. The average molecular weight is 378 g/mol. The van der Waals surface area contributed by atoms with Gasteiger partial charge in [-0.15, -0.1) is 0 Å². The summed E-state index contributed by atoms with van der Waals surface area (Å²) in [5, 5.41) is 0. The number of carbonyl (C=O) groups excluding carboxylic acids is 2. The third-order valence-corrected chi connectivity index (χ3v) is 4.13. The van der Waals surface area contributed by atoms with Gasteiger partial charge in [0.2, 0.25) is 0 Å². The molecule has 0 atom stereocenters. The first-order chi connectivity index (χ1) is 13.3. The summed E-state index contributed by atoms with van der Waals surface area (Å²) < 4.78 is 10.7. The van der Waals surface area contributed by atoms with Crippen LogP contribution in [0.25, 0.3) is 11.1 Å². The van der Waals surface area contributed by atoms with E-state index in [2.05, 4.69) is 13.2 Å². The Hall–Kier alpha value is -3.14. The third-order valence-electron chi connectivity index (χ3n) is 4.13. The second kappa shape index (κ2) is 10.3. The summed E-state index contributed by atoms with van der Waals surface area (Å²) >= 11 is 0. The molecule has 2 rings (SSSR count). The van der Waals surface area contributed by atoms with Crippen molar-refractivity contribution in [2.75, 3.05) is 0 Å². The van der Waals surface area contributed by atoms with Crippen LogP contribution in [0, 0.1) is 0 Å². The summed E-state index contributed by atoms with van der Waals surface area (Å²) in [4.78, 5) is 23.9. The minimum atomic E-state index is -0.318. The summed E-state index contributed by atoms with van der Waals surface area (Å²) in [6, 6.07) is 14.5. The maximum atomic E-state index is 12.0. The fraction of sp³-hybridized carbons (Fsp3) is 0.250. The normalized spacial score (nSPS) is 10.2. The molecule has 0 bridgehead atoms. The van der Waals surface area contributed by atoms with Gasteiger partial charge in [-0.05, 0) is 62.1 Å². The largest absolute Gasteiger partial charge is 0.427 e. The molecule has 0 aromatic heterocycles. The van der Waals surface area contributed by atoms with Crippen molar-refractivity contribution in [3.63, 3.8) is 0 Å². The molecule has 4 nitrogen and oxygen atoms in total. The average Bonchev–Trinajstić information content (AvgIpc) is 2.65. The van der Waals surface area contributed by atoms with Gasteiger partial charge >= 0.3 is 11.9 Å². The molecule has 0 radical (unpaired) electrons. The lowest BCUT2D eigenvalue weighted by Crippen LogP contribution is -2.10. The summed E-state index contributed by atoms with van der Waals surface area (Å²) in [5.41, 5.74) is 3.68. The number of hydrogen-bond donors (Lipinski definition) is 0.